The molecule has 1 N–H and O–H groups in total. The highest BCUT2D eigenvalue weighted by Gasteiger charge is 2.29. The van der Waals surface area contributed by atoms with E-state index in [1.807, 2.05) is 49.1 Å². The number of hydrogen-bond donors (Lipinski definition) is 1. The first-order valence-corrected chi connectivity index (χ1v) is 11.7. The number of carbonyl (C=O) groups is 2. The van der Waals surface area contributed by atoms with Gasteiger partial charge in [-0.2, -0.15) is 0 Å². The third-order valence-corrected chi connectivity index (χ3v) is 6.25. The summed E-state index contributed by atoms with van der Waals surface area (Å²) in [4.78, 5) is 28.3. The van der Waals surface area contributed by atoms with E-state index in [9.17, 15) is 18.0 Å². The number of likely N-dealkylation sites (tertiary alicyclic amines) is 1. The van der Waals surface area contributed by atoms with Gasteiger partial charge >= 0.3 is 0 Å². The van der Waals surface area contributed by atoms with Gasteiger partial charge in [-0.25, -0.2) is 13.1 Å². The maximum absolute atomic E-state index is 12.4. The molecule has 0 saturated carbocycles. The van der Waals surface area contributed by atoms with Gasteiger partial charge in [0.05, 0.1) is 0 Å². The van der Waals surface area contributed by atoms with Gasteiger partial charge in [-0.05, 0) is 38.3 Å². The number of nitrogens with zero attached hydrogens (tertiary/aromatic N) is 2. The Kier molecular flexibility index (Phi) is 8.85. The van der Waals surface area contributed by atoms with Crippen molar-refractivity contribution in [1.29, 1.82) is 0 Å². The number of piperidine rings is 1. The molecule has 1 fully saturated rings. The summed E-state index contributed by atoms with van der Waals surface area (Å²) in [6, 6.07) is 9.14. The maximum atomic E-state index is 12.4. The monoisotopic (exact) mass is 421 g/mol. The number of hydrogen-bond acceptors (Lipinski definition) is 4. The van der Waals surface area contributed by atoms with Gasteiger partial charge in [0.2, 0.25) is 21.8 Å². The normalized spacial score (nSPS) is 15.6. The van der Waals surface area contributed by atoms with Crippen LogP contribution in [-0.2, 0) is 19.6 Å². The highest BCUT2D eigenvalue weighted by atomic mass is 32.2. The van der Waals surface area contributed by atoms with Crippen LogP contribution in [0, 0.1) is 5.92 Å². The van der Waals surface area contributed by atoms with Crippen molar-refractivity contribution in [1.82, 2.24) is 14.5 Å². The quantitative estimate of drug-likeness (QED) is 0.661. The van der Waals surface area contributed by atoms with Gasteiger partial charge in [0.15, 0.2) is 0 Å². The van der Waals surface area contributed by atoms with Crippen LogP contribution in [0.4, 0.5) is 0 Å². The Balaban J connectivity index is 1.74. The third kappa shape index (κ3) is 7.29. The van der Waals surface area contributed by atoms with E-state index in [-0.39, 0.29) is 30.7 Å². The number of amides is 2. The predicted molar refractivity (Wildman–Crippen MR) is 114 cm³/mol. The Morgan fingerprint density at radius 2 is 1.76 bits per heavy atom. The number of nitrogens with one attached hydrogen (secondary N) is 1. The Morgan fingerprint density at radius 3 is 2.34 bits per heavy atom. The minimum atomic E-state index is -3.59. The van der Waals surface area contributed by atoms with Crippen LogP contribution in [-0.4, -0.2) is 62.8 Å². The number of benzene rings is 1. The third-order valence-electron chi connectivity index (χ3n) is 5.15. The molecule has 2 amide bonds. The van der Waals surface area contributed by atoms with Gasteiger partial charge in [0.25, 0.3) is 0 Å². The fourth-order valence-corrected chi connectivity index (χ4v) is 4.23. The molecule has 1 aliphatic heterocycles. The summed E-state index contributed by atoms with van der Waals surface area (Å²) in [7, 11) is -3.59. The summed E-state index contributed by atoms with van der Waals surface area (Å²) in [6.07, 6.45) is 2.94. The zero-order valence-corrected chi connectivity index (χ0v) is 18.0. The summed E-state index contributed by atoms with van der Waals surface area (Å²) >= 11 is 0. The second-order valence-electron chi connectivity index (χ2n) is 7.07. The molecule has 0 radical (unpaired) electrons. The zero-order valence-electron chi connectivity index (χ0n) is 17.2. The van der Waals surface area contributed by atoms with Crippen molar-refractivity contribution in [3.63, 3.8) is 0 Å². The Hall–Kier alpha value is -2.19. The van der Waals surface area contributed by atoms with Crippen molar-refractivity contribution >= 4 is 27.9 Å². The average Bonchev–Trinajstić information content (AvgIpc) is 2.74. The number of sulfonamides is 1. The Morgan fingerprint density at radius 1 is 1.14 bits per heavy atom. The fourth-order valence-electron chi connectivity index (χ4n) is 3.41. The maximum Gasteiger partial charge on any atom is 0.233 e. The first-order valence-electron chi connectivity index (χ1n) is 10.2. The molecule has 0 unspecified atom stereocenters. The van der Waals surface area contributed by atoms with E-state index in [2.05, 4.69) is 4.72 Å². The molecule has 8 heteroatoms. The molecule has 7 nitrogen and oxygen atoms in total. The standard InChI is InChI=1S/C21H31N3O4S/c1-3-23(4-2)21(26)19-11-15-24(16-12-19)20(25)10-14-22-29(27,28)17-13-18-8-6-5-7-9-18/h5-9,13,17,19,22H,3-4,10-12,14-16H2,1-2H3/b17-13+. The molecule has 1 aliphatic rings. The first kappa shape index (κ1) is 23.1. The van der Waals surface area contributed by atoms with Crippen molar-refractivity contribution < 1.29 is 18.0 Å². The van der Waals surface area contributed by atoms with Gasteiger partial charge < -0.3 is 9.80 Å². The summed E-state index contributed by atoms with van der Waals surface area (Å²) in [5.41, 5.74) is 0.788. The first-order chi connectivity index (χ1) is 13.9. The lowest BCUT2D eigenvalue weighted by Crippen LogP contribution is -2.44. The van der Waals surface area contributed by atoms with Crippen molar-refractivity contribution in [3.05, 3.63) is 41.3 Å². The molecule has 0 spiro atoms. The van der Waals surface area contributed by atoms with Gasteiger partial charge in [-0.1, -0.05) is 30.3 Å². The summed E-state index contributed by atoms with van der Waals surface area (Å²) in [5.74, 6) is 0.0501. The van der Waals surface area contributed by atoms with Crippen molar-refractivity contribution in [2.24, 2.45) is 5.92 Å². The predicted octanol–water partition coefficient (Wildman–Crippen LogP) is 2.07. The minimum Gasteiger partial charge on any atom is -0.343 e. The summed E-state index contributed by atoms with van der Waals surface area (Å²) in [5, 5.41) is 1.11. The molecule has 1 heterocycles. The molecular formula is C21H31N3O4S. The van der Waals surface area contributed by atoms with Crippen LogP contribution in [0.5, 0.6) is 0 Å². The van der Waals surface area contributed by atoms with Gasteiger partial charge in [0, 0.05) is 50.5 Å². The van der Waals surface area contributed by atoms with Crippen LogP contribution in [0.2, 0.25) is 0 Å². The highest BCUT2D eigenvalue weighted by molar-refractivity contribution is 7.92. The minimum absolute atomic E-state index is 0.0272. The summed E-state index contributed by atoms with van der Waals surface area (Å²) in [6.45, 7) is 6.47. The summed E-state index contributed by atoms with van der Waals surface area (Å²) < 4.78 is 26.5. The van der Waals surface area contributed by atoms with Crippen LogP contribution in [0.1, 0.15) is 38.7 Å². The van der Waals surface area contributed by atoms with E-state index < -0.39 is 10.0 Å². The van der Waals surface area contributed by atoms with E-state index in [1.165, 1.54) is 6.08 Å². The van der Waals surface area contributed by atoms with Crippen molar-refractivity contribution in [3.8, 4) is 0 Å². The Labute approximate surface area is 173 Å². The van der Waals surface area contributed by atoms with Crippen LogP contribution in [0.15, 0.2) is 35.7 Å². The van der Waals surface area contributed by atoms with E-state index in [1.54, 1.807) is 4.90 Å². The number of carbonyl (C=O) groups excluding carboxylic acids is 2. The smallest absolute Gasteiger partial charge is 0.233 e. The highest BCUT2D eigenvalue weighted by Crippen LogP contribution is 2.20. The average molecular weight is 422 g/mol. The molecule has 0 aliphatic carbocycles. The molecule has 0 atom stereocenters. The lowest BCUT2D eigenvalue weighted by atomic mass is 9.95. The molecule has 2 rings (SSSR count). The second-order valence-corrected chi connectivity index (χ2v) is 8.72. The van der Waals surface area contributed by atoms with Gasteiger partial charge in [-0.3, -0.25) is 9.59 Å². The Bertz CT molecular complexity index is 796. The van der Waals surface area contributed by atoms with Crippen LogP contribution in [0.25, 0.3) is 6.08 Å². The van der Waals surface area contributed by atoms with E-state index >= 15 is 0 Å². The van der Waals surface area contributed by atoms with E-state index in [0.717, 1.165) is 11.0 Å². The van der Waals surface area contributed by atoms with Gasteiger partial charge in [-0.15, -0.1) is 0 Å². The van der Waals surface area contributed by atoms with Gasteiger partial charge in [0.1, 0.15) is 0 Å². The molecule has 29 heavy (non-hydrogen) atoms. The molecule has 1 aromatic carbocycles. The molecule has 160 valence electrons. The van der Waals surface area contributed by atoms with E-state index in [0.29, 0.717) is 39.0 Å². The van der Waals surface area contributed by atoms with E-state index in [4.69, 9.17) is 0 Å². The molecule has 0 bridgehead atoms. The van der Waals surface area contributed by atoms with Crippen LogP contribution in [0.3, 0.4) is 0 Å². The SMILES string of the molecule is CCN(CC)C(=O)C1CCN(C(=O)CCNS(=O)(=O)/C=C/c2ccccc2)CC1. The molecule has 0 aromatic heterocycles. The lowest BCUT2D eigenvalue weighted by molar-refractivity contribution is -0.140. The lowest BCUT2D eigenvalue weighted by Gasteiger charge is -2.33. The van der Waals surface area contributed by atoms with Crippen molar-refractivity contribution in [2.75, 3.05) is 32.7 Å². The fraction of sp³-hybridized carbons (Fsp3) is 0.524. The molecule has 1 saturated heterocycles. The molecule has 1 aromatic rings. The number of rotatable bonds is 9. The largest absolute Gasteiger partial charge is 0.343 e. The molecular weight excluding hydrogens is 390 g/mol. The van der Waals surface area contributed by atoms with Crippen LogP contribution >= 0.6 is 0 Å². The zero-order chi connectivity index (χ0) is 21.3. The van der Waals surface area contributed by atoms with Crippen molar-refractivity contribution in [2.45, 2.75) is 33.1 Å². The van der Waals surface area contributed by atoms with Crippen LogP contribution < -0.4 is 4.72 Å². The topological polar surface area (TPSA) is 86.8 Å². The second kappa shape index (κ2) is 11.1.